The van der Waals surface area contributed by atoms with Crippen molar-refractivity contribution in [2.75, 3.05) is 0 Å². The summed E-state index contributed by atoms with van der Waals surface area (Å²) in [6.45, 7) is 5.87. The molecule has 2 nitrogen and oxygen atoms in total. The van der Waals surface area contributed by atoms with E-state index in [1.165, 1.54) is 0 Å². The van der Waals surface area contributed by atoms with Gasteiger partial charge in [0.2, 0.25) is 0 Å². The van der Waals surface area contributed by atoms with Crippen LogP contribution in [0.15, 0.2) is 16.5 Å². The summed E-state index contributed by atoms with van der Waals surface area (Å²) in [6.07, 6.45) is 0. The van der Waals surface area contributed by atoms with E-state index in [4.69, 9.17) is 4.42 Å². The van der Waals surface area contributed by atoms with Gasteiger partial charge in [0.15, 0.2) is 11.3 Å². The average Bonchev–Trinajstić information content (AvgIpc) is 2.32. The van der Waals surface area contributed by atoms with Crippen molar-refractivity contribution in [2.24, 2.45) is 0 Å². The summed E-state index contributed by atoms with van der Waals surface area (Å²) >= 11 is 0. The number of hydrogen-bond acceptors (Lipinski definition) is 2. The quantitative estimate of drug-likeness (QED) is 0.669. The first-order chi connectivity index (χ1) is 6.09. The monoisotopic (exact) mass is 176 g/mol. The van der Waals surface area contributed by atoms with Gasteiger partial charge in [-0.05, 0) is 44.0 Å². The van der Waals surface area contributed by atoms with Crippen LogP contribution in [0.25, 0.3) is 11.0 Å². The molecule has 0 fully saturated rings. The van der Waals surface area contributed by atoms with Gasteiger partial charge >= 0.3 is 0 Å². The number of benzene rings is 1. The summed E-state index contributed by atoms with van der Waals surface area (Å²) in [6, 6.07) is 3.74. The number of fused-ring (bicyclic) bond motifs is 1. The summed E-state index contributed by atoms with van der Waals surface area (Å²) in [4.78, 5) is 0. The zero-order chi connectivity index (χ0) is 9.59. The summed E-state index contributed by atoms with van der Waals surface area (Å²) in [5, 5.41) is 10.6. The lowest BCUT2D eigenvalue weighted by molar-refractivity contribution is 0.460. The summed E-state index contributed by atoms with van der Waals surface area (Å²) < 4.78 is 5.43. The van der Waals surface area contributed by atoms with Crippen LogP contribution in [0.5, 0.6) is 5.75 Å². The van der Waals surface area contributed by atoms with Gasteiger partial charge in [0.1, 0.15) is 5.76 Å². The van der Waals surface area contributed by atoms with Crippen LogP contribution in [0.1, 0.15) is 16.9 Å². The van der Waals surface area contributed by atoms with Crippen LogP contribution < -0.4 is 0 Å². The largest absolute Gasteiger partial charge is 0.504 e. The van der Waals surface area contributed by atoms with Gasteiger partial charge < -0.3 is 9.52 Å². The third-order valence-electron chi connectivity index (χ3n) is 2.40. The normalized spacial score (nSPS) is 11.0. The highest BCUT2D eigenvalue weighted by atomic mass is 16.4. The summed E-state index contributed by atoms with van der Waals surface area (Å²) in [5.74, 6) is 1.10. The molecule has 2 aromatic rings. The SMILES string of the molecule is Cc1cc(O)c2oc(C)c(C)c2c1. The van der Waals surface area contributed by atoms with E-state index < -0.39 is 0 Å². The fourth-order valence-electron chi connectivity index (χ4n) is 1.56. The summed E-state index contributed by atoms with van der Waals surface area (Å²) in [7, 11) is 0. The van der Waals surface area contributed by atoms with Gasteiger partial charge in [0.05, 0.1) is 0 Å². The molecule has 0 amide bonds. The maximum Gasteiger partial charge on any atom is 0.176 e. The van der Waals surface area contributed by atoms with Crippen molar-refractivity contribution in [3.8, 4) is 5.75 Å². The predicted octanol–water partition coefficient (Wildman–Crippen LogP) is 3.06. The Bertz CT molecular complexity index is 466. The molecular formula is C11H12O2. The lowest BCUT2D eigenvalue weighted by Gasteiger charge is -1.96. The number of rotatable bonds is 0. The number of furan rings is 1. The second-order valence-corrected chi connectivity index (χ2v) is 3.44. The molecule has 0 aliphatic rings. The Morgan fingerprint density at radius 3 is 2.54 bits per heavy atom. The maximum absolute atomic E-state index is 9.60. The molecule has 0 saturated heterocycles. The molecule has 0 bridgehead atoms. The van der Waals surface area contributed by atoms with Crippen LogP contribution >= 0.6 is 0 Å². The van der Waals surface area contributed by atoms with Gasteiger partial charge in [0, 0.05) is 5.39 Å². The molecule has 68 valence electrons. The lowest BCUT2D eigenvalue weighted by Crippen LogP contribution is -1.74. The van der Waals surface area contributed by atoms with Crippen molar-refractivity contribution in [1.29, 1.82) is 0 Å². The van der Waals surface area contributed by atoms with Crippen molar-refractivity contribution < 1.29 is 9.52 Å². The van der Waals surface area contributed by atoms with Crippen LogP contribution in [-0.4, -0.2) is 5.11 Å². The fourth-order valence-corrected chi connectivity index (χ4v) is 1.56. The fraction of sp³-hybridized carbons (Fsp3) is 0.273. The molecule has 1 aromatic heterocycles. The van der Waals surface area contributed by atoms with E-state index in [-0.39, 0.29) is 5.75 Å². The maximum atomic E-state index is 9.60. The van der Waals surface area contributed by atoms with Crippen LogP contribution in [0.4, 0.5) is 0 Å². The zero-order valence-corrected chi connectivity index (χ0v) is 8.01. The van der Waals surface area contributed by atoms with E-state index in [2.05, 4.69) is 0 Å². The molecule has 1 heterocycles. The first-order valence-electron chi connectivity index (χ1n) is 4.29. The molecule has 0 saturated carbocycles. The molecule has 0 radical (unpaired) electrons. The molecule has 1 aromatic carbocycles. The zero-order valence-electron chi connectivity index (χ0n) is 8.01. The Hall–Kier alpha value is -1.44. The Balaban J connectivity index is 2.94. The lowest BCUT2D eigenvalue weighted by atomic mass is 10.1. The van der Waals surface area contributed by atoms with Gasteiger partial charge in [-0.25, -0.2) is 0 Å². The highest BCUT2D eigenvalue weighted by molar-refractivity contribution is 5.87. The van der Waals surface area contributed by atoms with Crippen LogP contribution in [0.2, 0.25) is 0 Å². The van der Waals surface area contributed by atoms with Crippen LogP contribution in [0, 0.1) is 20.8 Å². The number of phenolic OH excluding ortho intramolecular Hbond substituents is 1. The van der Waals surface area contributed by atoms with E-state index in [9.17, 15) is 5.11 Å². The smallest absolute Gasteiger partial charge is 0.176 e. The molecule has 0 aliphatic carbocycles. The van der Waals surface area contributed by atoms with E-state index in [1.807, 2.05) is 26.8 Å². The number of aromatic hydroxyl groups is 1. The van der Waals surface area contributed by atoms with Gasteiger partial charge in [-0.3, -0.25) is 0 Å². The topological polar surface area (TPSA) is 33.4 Å². The average molecular weight is 176 g/mol. The minimum Gasteiger partial charge on any atom is -0.504 e. The molecular weight excluding hydrogens is 164 g/mol. The van der Waals surface area contributed by atoms with Crippen molar-refractivity contribution in [2.45, 2.75) is 20.8 Å². The standard InChI is InChI=1S/C11H12O2/c1-6-4-9-7(2)8(3)13-11(9)10(12)5-6/h4-5,12H,1-3H3. The molecule has 0 spiro atoms. The molecule has 0 unspecified atom stereocenters. The van der Waals surface area contributed by atoms with Gasteiger partial charge in [-0.1, -0.05) is 0 Å². The third-order valence-corrected chi connectivity index (χ3v) is 2.40. The van der Waals surface area contributed by atoms with Gasteiger partial charge in [-0.2, -0.15) is 0 Å². The minimum absolute atomic E-state index is 0.228. The first-order valence-corrected chi connectivity index (χ1v) is 4.29. The van der Waals surface area contributed by atoms with Crippen molar-refractivity contribution in [3.63, 3.8) is 0 Å². The Kier molecular flexibility index (Phi) is 1.59. The molecule has 0 atom stereocenters. The second-order valence-electron chi connectivity index (χ2n) is 3.44. The van der Waals surface area contributed by atoms with Gasteiger partial charge in [0.25, 0.3) is 0 Å². The number of phenols is 1. The van der Waals surface area contributed by atoms with Gasteiger partial charge in [-0.15, -0.1) is 0 Å². The molecule has 2 rings (SSSR count). The Labute approximate surface area is 76.8 Å². The van der Waals surface area contributed by atoms with Crippen molar-refractivity contribution >= 4 is 11.0 Å². The number of hydrogen-bond donors (Lipinski definition) is 1. The van der Waals surface area contributed by atoms with E-state index >= 15 is 0 Å². The second kappa shape index (κ2) is 2.52. The van der Waals surface area contributed by atoms with Crippen molar-refractivity contribution in [3.05, 3.63) is 29.0 Å². The Morgan fingerprint density at radius 1 is 1.15 bits per heavy atom. The molecule has 1 N–H and O–H groups in total. The number of aryl methyl sites for hydroxylation is 3. The Morgan fingerprint density at radius 2 is 1.85 bits per heavy atom. The molecule has 2 heteroatoms. The van der Waals surface area contributed by atoms with E-state index in [1.54, 1.807) is 6.07 Å². The van der Waals surface area contributed by atoms with Crippen LogP contribution in [-0.2, 0) is 0 Å². The molecule has 0 aliphatic heterocycles. The highest BCUT2D eigenvalue weighted by Crippen LogP contribution is 2.32. The minimum atomic E-state index is 0.228. The highest BCUT2D eigenvalue weighted by Gasteiger charge is 2.10. The van der Waals surface area contributed by atoms with E-state index in [0.717, 1.165) is 22.3 Å². The predicted molar refractivity (Wildman–Crippen MR) is 52.1 cm³/mol. The van der Waals surface area contributed by atoms with Crippen LogP contribution in [0.3, 0.4) is 0 Å². The third kappa shape index (κ3) is 1.10. The summed E-state index contributed by atoms with van der Waals surface area (Å²) in [5.41, 5.74) is 2.75. The first kappa shape index (κ1) is 8.17. The molecule has 13 heavy (non-hydrogen) atoms. The van der Waals surface area contributed by atoms with Crippen molar-refractivity contribution in [1.82, 2.24) is 0 Å². The van der Waals surface area contributed by atoms with E-state index in [0.29, 0.717) is 5.58 Å².